The largest absolute Gasteiger partial charge is 0.480 e. The molecule has 2 heterocycles. The monoisotopic (exact) mass is 346 g/mol. The first kappa shape index (κ1) is 17.0. The van der Waals surface area contributed by atoms with Crippen molar-refractivity contribution in [1.82, 2.24) is 14.5 Å². The molecule has 7 heteroatoms. The number of rotatable bonds is 4. The third-order valence-corrected chi connectivity index (χ3v) is 3.79. The predicted octanol–water partition coefficient (Wildman–Crippen LogP) is 4.13. The highest BCUT2D eigenvalue weighted by Crippen LogP contribution is 2.37. The van der Waals surface area contributed by atoms with Crippen LogP contribution in [0.1, 0.15) is 16.8 Å². The molecule has 0 N–H and O–H groups in total. The molecule has 1 aromatic carbocycles. The molecule has 25 heavy (non-hydrogen) atoms. The highest BCUT2D eigenvalue weighted by molar-refractivity contribution is 5.63. The molecule has 1 radical (unpaired) electrons. The maximum absolute atomic E-state index is 13.6. The number of aromatic nitrogens is 3. The van der Waals surface area contributed by atoms with E-state index < -0.39 is 11.9 Å². The van der Waals surface area contributed by atoms with E-state index in [9.17, 15) is 13.2 Å². The van der Waals surface area contributed by atoms with Gasteiger partial charge >= 0.3 is 6.18 Å². The number of hydrogen-bond donors (Lipinski definition) is 0. The van der Waals surface area contributed by atoms with E-state index in [0.717, 1.165) is 10.1 Å². The van der Waals surface area contributed by atoms with Gasteiger partial charge in [0, 0.05) is 12.1 Å². The second kappa shape index (κ2) is 6.58. The first-order valence-corrected chi connectivity index (χ1v) is 7.50. The zero-order valence-corrected chi connectivity index (χ0v) is 13.6. The zero-order valence-electron chi connectivity index (χ0n) is 13.6. The predicted molar refractivity (Wildman–Crippen MR) is 86.1 cm³/mol. The molecule has 0 spiro atoms. The lowest BCUT2D eigenvalue weighted by molar-refractivity contribution is -0.143. The van der Waals surface area contributed by atoms with Gasteiger partial charge in [0.25, 0.3) is 0 Å². The van der Waals surface area contributed by atoms with Gasteiger partial charge in [-0.3, -0.25) is 0 Å². The summed E-state index contributed by atoms with van der Waals surface area (Å²) in [5, 5.41) is 0. The summed E-state index contributed by atoms with van der Waals surface area (Å²) < 4.78 is 46.7. The molecule has 4 nitrogen and oxygen atoms in total. The maximum Gasteiger partial charge on any atom is 0.431 e. The Morgan fingerprint density at radius 1 is 1.12 bits per heavy atom. The minimum Gasteiger partial charge on any atom is -0.480 e. The fourth-order valence-corrected chi connectivity index (χ4v) is 2.65. The molecule has 0 fully saturated rings. The van der Waals surface area contributed by atoms with Crippen LogP contribution in [-0.2, 0) is 12.7 Å². The second-order valence-electron chi connectivity index (χ2n) is 5.47. The lowest BCUT2D eigenvalue weighted by atomic mass is 10.1. The van der Waals surface area contributed by atoms with Crippen LogP contribution in [0.5, 0.6) is 5.88 Å². The van der Waals surface area contributed by atoms with Crippen LogP contribution in [-0.4, -0.2) is 21.6 Å². The van der Waals surface area contributed by atoms with Gasteiger partial charge in [-0.2, -0.15) is 13.2 Å². The van der Waals surface area contributed by atoms with Crippen LogP contribution < -0.4 is 4.74 Å². The molecule has 0 aliphatic rings. The summed E-state index contributed by atoms with van der Waals surface area (Å²) in [6.07, 6.45) is 1.06. The number of methoxy groups -OCH3 is 1. The molecule has 0 atom stereocenters. The van der Waals surface area contributed by atoms with Crippen LogP contribution in [0.25, 0.3) is 11.3 Å². The second-order valence-corrected chi connectivity index (χ2v) is 5.47. The SMILES string of the molecule is COc1cnc(-c2[c]n(Cc3ccccc3)c(C(F)(F)F)c2C)cn1. The average molecular weight is 346 g/mol. The number of halogens is 3. The highest BCUT2D eigenvalue weighted by atomic mass is 19.4. The molecular formula is C18H15F3N3O. The van der Waals surface area contributed by atoms with Gasteiger partial charge in [-0.05, 0) is 18.1 Å². The molecule has 0 unspecified atom stereocenters. The Morgan fingerprint density at radius 3 is 2.40 bits per heavy atom. The minimum atomic E-state index is -4.49. The molecule has 2 aromatic heterocycles. The number of ether oxygens (including phenoxy) is 1. The van der Waals surface area contributed by atoms with Crippen LogP contribution in [0.3, 0.4) is 0 Å². The molecule has 0 aliphatic heterocycles. The molecule has 0 aliphatic carbocycles. The van der Waals surface area contributed by atoms with Crippen molar-refractivity contribution in [2.75, 3.05) is 7.11 Å². The number of hydrogen-bond acceptors (Lipinski definition) is 3. The summed E-state index contributed by atoms with van der Waals surface area (Å²) in [4.78, 5) is 8.13. The van der Waals surface area contributed by atoms with Crippen LogP contribution in [0.15, 0.2) is 42.7 Å². The third-order valence-electron chi connectivity index (χ3n) is 3.79. The molecule has 0 saturated heterocycles. The van der Waals surface area contributed by atoms with E-state index in [0.29, 0.717) is 11.6 Å². The summed E-state index contributed by atoms with van der Waals surface area (Å²) in [7, 11) is 1.44. The van der Waals surface area contributed by atoms with E-state index in [4.69, 9.17) is 4.74 Å². The minimum absolute atomic E-state index is 0.0696. The van der Waals surface area contributed by atoms with Gasteiger partial charge in [0.05, 0.1) is 31.4 Å². The van der Waals surface area contributed by atoms with Gasteiger partial charge in [0.2, 0.25) is 5.88 Å². The summed E-state index contributed by atoms with van der Waals surface area (Å²) in [6, 6.07) is 8.94. The summed E-state index contributed by atoms with van der Waals surface area (Å²) in [5.41, 5.74) is 0.688. The zero-order chi connectivity index (χ0) is 18.0. The average Bonchev–Trinajstić information content (AvgIpc) is 2.92. The first-order chi connectivity index (χ1) is 11.9. The van der Waals surface area contributed by atoms with E-state index in [1.54, 1.807) is 24.3 Å². The Balaban J connectivity index is 2.08. The van der Waals surface area contributed by atoms with Crippen molar-refractivity contribution in [1.29, 1.82) is 0 Å². The van der Waals surface area contributed by atoms with Crippen molar-refractivity contribution in [2.45, 2.75) is 19.6 Å². The Morgan fingerprint density at radius 2 is 1.84 bits per heavy atom. The van der Waals surface area contributed by atoms with E-state index >= 15 is 0 Å². The molecule has 0 saturated carbocycles. The number of nitrogens with zero attached hydrogens (tertiary/aromatic N) is 3. The highest BCUT2D eigenvalue weighted by Gasteiger charge is 2.38. The van der Waals surface area contributed by atoms with E-state index in [2.05, 4.69) is 16.2 Å². The third kappa shape index (κ3) is 3.50. The van der Waals surface area contributed by atoms with Gasteiger partial charge in [-0.25, -0.2) is 9.97 Å². The summed E-state index contributed by atoms with van der Waals surface area (Å²) in [6.45, 7) is 1.49. The van der Waals surface area contributed by atoms with Gasteiger partial charge in [0.1, 0.15) is 5.69 Å². The molecule has 3 rings (SSSR count). The fourth-order valence-electron chi connectivity index (χ4n) is 2.65. The normalized spacial score (nSPS) is 11.6. The molecule has 129 valence electrons. The van der Waals surface area contributed by atoms with E-state index in [-0.39, 0.29) is 17.7 Å². The smallest absolute Gasteiger partial charge is 0.431 e. The van der Waals surface area contributed by atoms with Crippen molar-refractivity contribution in [3.8, 4) is 17.1 Å². The van der Waals surface area contributed by atoms with Crippen molar-refractivity contribution in [3.63, 3.8) is 0 Å². The van der Waals surface area contributed by atoms with Crippen LogP contribution in [0.4, 0.5) is 13.2 Å². The van der Waals surface area contributed by atoms with Crippen molar-refractivity contribution in [2.24, 2.45) is 0 Å². The summed E-state index contributed by atoms with van der Waals surface area (Å²) >= 11 is 0. The Hall–Kier alpha value is -2.83. The van der Waals surface area contributed by atoms with E-state index in [1.807, 2.05) is 6.07 Å². The fraction of sp³-hybridized carbons (Fsp3) is 0.222. The van der Waals surface area contributed by atoms with E-state index in [1.165, 1.54) is 26.4 Å². The van der Waals surface area contributed by atoms with Crippen LogP contribution >= 0.6 is 0 Å². The van der Waals surface area contributed by atoms with Gasteiger partial charge in [-0.15, -0.1) is 0 Å². The Bertz CT molecular complexity index is 856. The van der Waals surface area contributed by atoms with Gasteiger partial charge in [0.15, 0.2) is 0 Å². The van der Waals surface area contributed by atoms with Crippen molar-refractivity contribution in [3.05, 3.63) is 65.7 Å². The maximum atomic E-state index is 13.6. The molecule has 3 aromatic rings. The van der Waals surface area contributed by atoms with Gasteiger partial charge in [-0.1, -0.05) is 30.3 Å². The topological polar surface area (TPSA) is 39.9 Å². The van der Waals surface area contributed by atoms with Crippen molar-refractivity contribution >= 4 is 0 Å². The van der Waals surface area contributed by atoms with Crippen molar-refractivity contribution < 1.29 is 17.9 Å². The molecule has 0 amide bonds. The van der Waals surface area contributed by atoms with Crippen LogP contribution in [0, 0.1) is 13.1 Å². The standard InChI is InChI=1S/C18H15F3N3O/c1-12-14(15-8-23-16(25-2)9-22-15)11-24(17(12)18(19,20)21)10-13-6-4-3-5-7-13/h3-9H,10H2,1-2H3. The Labute approximate surface area is 142 Å². The van der Waals surface area contributed by atoms with Crippen LogP contribution in [0.2, 0.25) is 0 Å². The van der Waals surface area contributed by atoms with Gasteiger partial charge < -0.3 is 9.30 Å². The Kier molecular flexibility index (Phi) is 4.48. The molecular weight excluding hydrogens is 331 g/mol. The lowest BCUT2D eigenvalue weighted by Crippen LogP contribution is -2.15. The first-order valence-electron chi connectivity index (χ1n) is 7.50. The quantitative estimate of drug-likeness (QED) is 0.713. The molecule has 0 bridgehead atoms. The number of benzene rings is 1. The lowest BCUT2D eigenvalue weighted by Gasteiger charge is -2.13. The number of alkyl halides is 3. The summed E-state index contributed by atoms with van der Waals surface area (Å²) in [5.74, 6) is 0.293.